The van der Waals surface area contributed by atoms with Gasteiger partial charge in [-0.05, 0) is 0 Å². The van der Waals surface area contributed by atoms with E-state index < -0.39 is 0 Å². The van der Waals surface area contributed by atoms with E-state index in [-0.39, 0.29) is 17.0 Å². The van der Waals surface area contributed by atoms with Crippen LogP contribution in [0, 0.1) is 6.92 Å². The Morgan fingerprint density at radius 3 is 2.10 bits per heavy atom. The maximum absolute atomic E-state index is 2.21. The van der Waals surface area contributed by atoms with E-state index in [9.17, 15) is 0 Å². The monoisotopic (exact) mass is 249 g/mol. The molecule has 0 fully saturated rings. The topological polar surface area (TPSA) is 0 Å². The molecule has 0 aromatic heterocycles. The Hall–Kier alpha value is 0.323. The first-order chi connectivity index (χ1) is 4.33. The minimum absolute atomic E-state index is 0. The van der Waals surface area contributed by atoms with Crippen LogP contribution in [-0.4, -0.2) is 0 Å². The van der Waals surface area contributed by atoms with Crippen LogP contribution in [-0.2, 0) is 23.3 Å². The van der Waals surface area contributed by atoms with Crippen molar-refractivity contribution in [2.75, 3.05) is 0 Å². The molecule has 0 aliphatic rings. The van der Waals surface area contributed by atoms with Crippen LogP contribution in [0.5, 0.6) is 0 Å². The van der Waals surface area contributed by atoms with Crippen molar-refractivity contribution in [3.63, 3.8) is 0 Å². The van der Waals surface area contributed by atoms with Crippen LogP contribution >= 0.6 is 17.0 Å². The predicted octanol–water partition coefficient (Wildman–Crippen LogP) is 2.62. The molecule has 2 heteroatoms. The number of hydrogen-bond donors (Lipinski definition) is 0. The fraction of sp³-hybridized carbons (Fsp3) is 0.250. The van der Waals surface area contributed by atoms with Crippen LogP contribution in [0.15, 0.2) is 24.3 Å². The zero-order valence-electron chi connectivity index (χ0n) is 6.13. The molecular formula is C8H10BrZn. The molecule has 0 bridgehead atoms. The van der Waals surface area contributed by atoms with Crippen LogP contribution in [0.4, 0.5) is 0 Å². The van der Waals surface area contributed by atoms with Crippen molar-refractivity contribution in [2.24, 2.45) is 0 Å². The standard InChI is InChI=1S/C8H9.BrH.Zn/c1-7-3-5-8(2)6-4-7;;/h3-6H,1H2,2H3;1H;. The summed E-state index contributed by atoms with van der Waals surface area (Å²) in [5, 5.41) is 1.26. The van der Waals surface area contributed by atoms with Gasteiger partial charge in [0.25, 0.3) is 0 Å². The SMILES string of the molecule is Br.Cc1ccc([CH2][Zn])cc1. The van der Waals surface area contributed by atoms with E-state index in [1.54, 1.807) is 0 Å². The van der Waals surface area contributed by atoms with Crippen molar-refractivity contribution < 1.29 is 18.3 Å². The molecule has 1 rings (SSSR count). The van der Waals surface area contributed by atoms with Crippen molar-refractivity contribution >= 4 is 17.0 Å². The molecule has 0 heterocycles. The van der Waals surface area contributed by atoms with Crippen molar-refractivity contribution in [1.82, 2.24) is 0 Å². The Morgan fingerprint density at radius 2 is 1.70 bits per heavy atom. The average molecular weight is 251 g/mol. The Labute approximate surface area is 82.5 Å². The molecule has 0 aliphatic carbocycles. The third-order valence-corrected chi connectivity index (χ3v) is 2.62. The molecule has 1 aromatic carbocycles. The van der Waals surface area contributed by atoms with Gasteiger partial charge in [-0.25, -0.2) is 0 Å². The second kappa shape index (κ2) is 5.04. The van der Waals surface area contributed by atoms with Crippen LogP contribution in [0.2, 0.25) is 0 Å². The van der Waals surface area contributed by atoms with Crippen molar-refractivity contribution in [3.05, 3.63) is 35.4 Å². The number of benzene rings is 1. The van der Waals surface area contributed by atoms with E-state index in [4.69, 9.17) is 0 Å². The number of hydrogen-bond acceptors (Lipinski definition) is 0. The average Bonchev–Trinajstić information content (AvgIpc) is 1.90. The van der Waals surface area contributed by atoms with Crippen LogP contribution in [0.25, 0.3) is 0 Å². The van der Waals surface area contributed by atoms with E-state index in [1.165, 1.54) is 34.4 Å². The minimum atomic E-state index is 0. The molecular weight excluding hydrogens is 241 g/mol. The Balaban J connectivity index is 0.000000810. The van der Waals surface area contributed by atoms with Crippen molar-refractivity contribution in [2.45, 2.75) is 11.9 Å². The second-order valence-corrected chi connectivity index (χ2v) is 3.28. The summed E-state index contributed by atoms with van der Waals surface area (Å²) in [4.78, 5) is 0. The summed E-state index contributed by atoms with van der Waals surface area (Å²) < 4.78 is 0. The molecule has 0 aliphatic heterocycles. The summed E-state index contributed by atoms with van der Waals surface area (Å²) in [6.07, 6.45) is 0. The summed E-state index contributed by atoms with van der Waals surface area (Å²) >= 11 is 1.36. The molecule has 0 amide bonds. The van der Waals surface area contributed by atoms with Gasteiger partial charge in [-0.2, -0.15) is 0 Å². The third kappa shape index (κ3) is 2.94. The molecule has 0 saturated heterocycles. The van der Waals surface area contributed by atoms with E-state index >= 15 is 0 Å². The summed E-state index contributed by atoms with van der Waals surface area (Å²) in [5.74, 6) is 0. The molecule has 10 heavy (non-hydrogen) atoms. The summed E-state index contributed by atoms with van der Waals surface area (Å²) in [6, 6.07) is 8.76. The van der Waals surface area contributed by atoms with Crippen LogP contribution < -0.4 is 0 Å². The molecule has 0 unspecified atom stereocenters. The molecule has 0 N–H and O–H groups in total. The van der Waals surface area contributed by atoms with E-state index in [0.29, 0.717) is 0 Å². The number of rotatable bonds is 1. The van der Waals surface area contributed by atoms with Crippen molar-refractivity contribution in [3.8, 4) is 0 Å². The molecule has 0 nitrogen and oxygen atoms in total. The third-order valence-electron chi connectivity index (χ3n) is 1.41. The van der Waals surface area contributed by atoms with Gasteiger partial charge in [-0.3, -0.25) is 0 Å². The molecule has 0 spiro atoms. The van der Waals surface area contributed by atoms with Gasteiger partial charge in [0, 0.05) is 0 Å². The summed E-state index contributed by atoms with van der Waals surface area (Å²) in [7, 11) is 0. The molecule has 0 atom stereocenters. The fourth-order valence-electron chi connectivity index (χ4n) is 0.755. The van der Waals surface area contributed by atoms with Gasteiger partial charge in [0.05, 0.1) is 0 Å². The first kappa shape index (κ1) is 10.3. The Kier molecular flexibility index (Phi) is 5.20. The normalized spacial score (nSPS) is 8.70. The van der Waals surface area contributed by atoms with Gasteiger partial charge in [-0.15, -0.1) is 17.0 Å². The van der Waals surface area contributed by atoms with E-state index in [1.807, 2.05) is 0 Å². The van der Waals surface area contributed by atoms with Gasteiger partial charge < -0.3 is 0 Å². The molecule has 0 radical (unpaired) electrons. The summed E-state index contributed by atoms with van der Waals surface area (Å²) in [5.41, 5.74) is 2.83. The van der Waals surface area contributed by atoms with Crippen LogP contribution in [0.1, 0.15) is 11.1 Å². The first-order valence-electron chi connectivity index (χ1n) is 3.17. The summed E-state index contributed by atoms with van der Waals surface area (Å²) in [6.45, 7) is 2.12. The maximum atomic E-state index is 2.21. The van der Waals surface area contributed by atoms with E-state index in [2.05, 4.69) is 31.2 Å². The first-order valence-corrected chi connectivity index (χ1v) is 5.27. The van der Waals surface area contributed by atoms with Gasteiger partial charge in [0.1, 0.15) is 0 Å². The molecule has 1 aromatic rings. The Bertz CT molecular complexity index is 181. The van der Waals surface area contributed by atoms with Gasteiger partial charge in [-0.1, -0.05) is 0 Å². The fourth-order valence-corrected chi connectivity index (χ4v) is 1.45. The van der Waals surface area contributed by atoms with Crippen LogP contribution in [0.3, 0.4) is 0 Å². The molecule has 0 saturated carbocycles. The van der Waals surface area contributed by atoms with Gasteiger partial charge in [0.2, 0.25) is 0 Å². The zero-order chi connectivity index (χ0) is 6.69. The predicted molar refractivity (Wildman–Crippen MR) is 45.2 cm³/mol. The van der Waals surface area contributed by atoms with Crippen molar-refractivity contribution in [1.29, 1.82) is 0 Å². The number of aryl methyl sites for hydroxylation is 1. The number of halogens is 1. The second-order valence-electron chi connectivity index (χ2n) is 2.24. The van der Waals surface area contributed by atoms with Gasteiger partial charge in [0.15, 0.2) is 0 Å². The molecule has 51 valence electrons. The van der Waals surface area contributed by atoms with E-state index in [0.717, 1.165) is 0 Å². The Morgan fingerprint density at radius 1 is 1.20 bits per heavy atom. The van der Waals surface area contributed by atoms with Gasteiger partial charge >= 0.3 is 65.6 Å². The zero-order valence-corrected chi connectivity index (χ0v) is 10.8. The quantitative estimate of drug-likeness (QED) is 0.673.